The molecule has 0 fully saturated rings. The van der Waals surface area contributed by atoms with Gasteiger partial charge in [0.15, 0.2) is 0 Å². The van der Waals surface area contributed by atoms with Crippen LogP contribution >= 0.6 is 0 Å². The third kappa shape index (κ3) is 3.39. The first-order valence-corrected chi connectivity index (χ1v) is 5.89. The lowest BCUT2D eigenvalue weighted by atomic mass is 10.1. The van der Waals surface area contributed by atoms with Crippen molar-refractivity contribution in [3.8, 4) is 6.07 Å². The van der Waals surface area contributed by atoms with Gasteiger partial charge in [-0.15, -0.1) is 0 Å². The number of nitrogens with zero attached hydrogens (tertiary/aromatic N) is 2. The number of carbonyl (C=O) groups is 1. The van der Waals surface area contributed by atoms with Gasteiger partial charge in [0.25, 0.3) is 5.91 Å². The highest BCUT2D eigenvalue weighted by atomic mass is 16.1. The van der Waals surface area contributed by atoms with Gasteiger partial charge in [0, 0.05) is 18.3 Å². The molecule has 2 rings (SSSR count). The van der Waals surface area contributed by atoms with Gasteiger partial charge in [-0.3, -0.25) is 4.79 Å². The number of benzene rings is 1. The molecule has 1 heterocycles. The second-order valence-corrected chi connectivity index (χ2v) is 4.21. The number of nitrogens with one attached hydrogen (secondary N) is 1. The molecule has 0 bridgehead atoms. The van der Waals surface area contributed by atoms with Crippen molar-refractivity contribution in [3.63, 3.8) is 0 Å². The van der Waals surface area contributed by atoms with Crippen LogP contribution in [-0.4, -0.2) is 10.9 Å². The normalized spacial score (nSPS) is 9.68. The number of rotatable bonds is 3. The van der Waals surface area contributed by atoms with Crippen molar-refractivity contribution < 1.29 is 4.79 Å². The summed E-state index contributed by atoms with van der Waals surface area (Å²) in [5.41, 5.74) is 2.90. The zero-order valence-corrected chi connectivity index (χ0v) is 10.6. The molecule has 0 saturated carbocycles. The van der Waals surface area contributed by atoms with E-state index in [1.807, 2.05) is 37.3 Å². The number of hydrogen-bond acceptors (Lipinski definition) is 3. The molecule has 1 N–H and O–H groups in total. The first-order chi connectivity index (χ1) is 9.19. The van der Waals surface area contributed by atoms with E-state index in [4.69, 9.17) is 5.26 Å². The molecule has 1 amide bonds. The highest BCUT2D eigenvalue weighted by Gasteiger charge is 2.06. The second-order valence-electron chi connectivity index (χ2n) is 4.21. The molecule has 1 aromatic carbocycles. The predicted molar refractivity (Wildman–Crippen MR) is 71.3 cm³/mol. The van der Waals surface area contributed by atoms with Crippen molar-refractivity contribution in [1.82, 2.24) is 10.3 Å². The maximum atomic E-state index is 11.9. The predicted octanol–water partition coefficient (Wildman–Crippen LogP) is 2.19. The summed E-state index contributed by atoms with van der Waals surface area (Å²) in [5, 5.41) is 11.5. The highest BCUT2D eigenvalue weighted by Crippen LogP contribution is 2.04. The molecule has 0 aliphatic rings. The number of amides is 1. The summed E-state index contributed by atoms with van der Waals surface area (Å²) in [5.74, 6) is -0.209. The molecule has 19 heavy (non-hydrogen) atoms. The van der Waals surface area contributed by atoms with Crippen LogP contribution in [0, 0.1) is 18.3 Å². The zero-order valence-electron chi connectivity index (χ0n) is 10.6. The molecule has 0 unspecified atom stereocenters. The Labute approximate surface area is 111 Å². The Morgan fingerprint density at radius 2 is 2.05 bits per heavy atom. The van der Waals surface area contributed by atoms with Gasteiger partial charge in [-0.2, -0.15) is 5.26 Å². The summed E-state index contributed by atoms with van der Waals surface area (Å²) in [7, 11) is 0. The monoisotopic (exact) mass is 251 g/mol. The van der Waals surface area contributed by atoms with E-state index in [9.17, 15) is 4.79 Å². The Morgan fingerprint density at radius 3 is 2.74 bits per heavy atom. The first kappa shape index (κ1) is 12.8. The van der Waals surface area contributed by atoms with Crippen LogP contribution < -0.4 is 5.32 Å². The van der Waals surface area contributed by atoms with Gasteiger partial charge in [-0.25, -0.2) is 4.98 Å². The lowest BCUT2D eigenvalue weighted by molar-refractivity contribution is 0.0951. The molecular weight excluding hydrogens is 238 g/mol. The average Bonchev–Trinajstić information content (AvgIpc) is 2.46. The molecule has 4 heteroatoms. The molecule has 0 aliphatic carbocycles. The van der Waals surface area contributed by atoms with E-state index in [-0.39, 0.29) is 11.6 Å². The third-order valence-electron chi connectivity index (χ3n) is 2.71. The average molecular weight is 251 g/mol. The molecule has 0 spiro atoms. The minimum atomic E-state index is -0.209. The van der Waals surface area contributed by atoms with Crippen molar-refractivity contribution in [2.24, 2.45) is 0 Å². The minimum Gasteiger partial charge on any atom is -0.348 e. The Morgan fingerprint density at radius 1 is 1.32 bits per heavy atom. The maximum absolute atomic E-state index is 11.9. The molecule has 4 nitrogen and oxygen atoms in total. The molecule has 1 aromatic heterocycles. The van der Waals surface area contributed by atoms with E-state index in [1.165, 1.54) is 17.8 Å². The van der Waals surface area contributed by atoms with E-state index in [1.54, 1.807) is 6.07 Å². The van der Waals surface area contributed by atoms with Crippen LogP contribution in [0.4, 0.5) is 0 Å². The molecule has 0 aliphatic heterocycles. The van der Waals surface area contributed by atoms with Gasteiger partial charge >= 0.3 is 0 Å². The number of nitriles is 1. The SMILES string of the molecule is Cc1ccc(CNC(=O)c2ccnc(C#N)c2)cc1. The minimum absolute atomic E-state index is 0.209. The van der Waals surface area contributed by atoms with Crippen molar-refractivity contribution >= 4 is 5.91 Å². The fourth-order valence-electron chi connectivity index (χ4n) is 1.62. The van der Waals surface area contributed by atoms with Crippen LogP contribution in [-0.2, 0) is 6.54 Å². The quantitative estimate of drug-likeness (QED) is 0.909. The summed E-state index contributed by atoms with van der Waals surface area (Å²) in [4.78, 5) is 15.7. The smallest absolute Gasteiger partial charge is 0.251 e. The van der Waals surface area contributed by atoms with Crippen molar-refractivity contribution in [1.29, 1.82) is 5.26 Å². The molecule has 2 aromatic rings. The van der Waals surface area contributed by atoms with Gasteiger partial charge < -0.3 is 5.32 Å². The second kappa shape index (κ2) is 5.78. The van der Waals surface area contributed by atoms with Gasteiger partial charge in [-0.05, 0) is 24.6 Å². The fourth-order valence-corrected chi connectivity index (χ4v) is 1.62. The topological polar surface area (TPSA) is 65.8 Å². The van der Waals surface area contributed by atoms with Gasteiger partial charge in [-0.1, -0.05) is 29.8 Å². The molecule has 94 valence electrons. The van der Waals surface area contributed by atoms with Gasteiger partial charge in [0.2, 0.25) is 0 Å². The zero-order chi connectivity index (χ0) is 13.7. The fraction of sp³-hybridized carbons (Fsp3) is 0.133. The lowest BCUT2D eigenvalue weighted by Gasteiger charge is -2.05. The summed E-state index contributed by atoms with van der Waals surface area (Å²) < 4.78 is 0. The molecule has 0 atom stereocenters. The van der Waals surface area contributed by atoms with Crippen molar-refractivity contribution in [2.45, 2.75) is 13.5 Å². The van der Waals surface area contributed by atoms with Crippen LogP contribution in [0.15, 0.2) is 42.6 Å². The summed E-state index contributed by atoms with van der Waals surface area (Å²) in [6.45, 7) is 2.48. The van der Waals surface area contributed by atoms with Crippen LogP contribution in [0.25, 0.3) is 0 Å². The Kier molecular flexibility index (Phi) is 3.89. The number of carbonyl (C=O) groups excluding carboxylic acids is 1. The number of aromatic nitrogens is 1. The summed E-state index contributed by atoms with van der Waals surface area (Å²) in [6, 6.07) is 12.9. The van der Waals surface area contributed by atoms with Gasteiger partial charge in [0.1, 0.15) is 11.8 Å². The van der Waals surface area contributed by atoms with Crippen molar-refractivity contribution in [2.75, 3.05) is 0 Å². The van der Waals surface area contributed by atoms with Crippen LogP contribution in [0.2, 0.25) is 0 Å². The van der Waals surface area contributed by atoms with Crippen molar-refractivity contribution in [3.05, 3.63) is 65.0 Å². The van der Waals surface area contributed by atoms with Gasteiger partial charge in [0.05, 0.1) is 0 Å². The Bertz CT molecular complexity index is 627. The van der Waals surface area contributed by atoms with E-state index >= 15 is 0 Å². The van der Waals surface area contributed by atoms with E-state index in [0.29, 0.717) is 12.1 Å². The largest absolute Gasteiger partial charge is 0.348 e. The number of pyridine rings is 1. The lowest BCUT2D eigenvalue weighted by Crippen LogP contribution is -2.22. The van der Waals surface area contributed by atoms with E-state index in [2.05, 4.69) is 10.3 Å². The molecule has 0 saturated heterocycles. The van der Waals surface area contributed by atoms with Crippen LogP contribution in [0.5, 0.6) is 0 Å². The highest BCUT2D eigenvalue weighted by molar-refractivity contribution is 5.94. The first-order valence-electron chi connectivity index (χ1n) is 5.89. The van der Waals surface area contributed by atoms with Crippen LogP contribution in [0.3, 0.4) is 0 Å². The summed E-state index contributed by atoms with van der Waals surface area (Å²) >= 11 is 0. The van der Waals surface area contributed by atoms with Crippen LogP contribution in [0.1, 0.15) is 27.2 Å². The number of aryl methyl sites for hydroxylation is 1. The Balaban J connectivity index is 2.01. The molecular formula is C15H13N3O. The van der Waals surface area contributed by atoms with E-state index in [0.717, 1.165) is 5.56 Å². The number of hydrogen-bond donors (Lipinski definition) is 1. The Hall–Kier alpha value is -2.67. The summed E-state index contributed by atoms with van der Waals surface area (Å²) in [6.07, 6.45) is 1.46. The standard InChI is InChI=1S/C15H13N3O/c1-11-2-4-12(5-3-11)10-18-15(19)13-6-7-17-14(8-13)9-16/h2-8H,10H2,1H3,(H,18,19). The van der Waals surface area contributed by atoms with E-state index < -0.39 is 0 Å². The maximum Gasteiger partial charge on any atom is 0.251 e. The molecule has 0 radical (unpaired) electrons. The third-order valence-corrected chi connectivity index (χ3v) is 2.71.